The number of hydrogen-bond donors (Lipinski definition) is 3. The lowest BCUT2D eigenvalue weighted by atomic mass is 10.0. The van der Waals surface area contributed by atoms with Gasteiger partial charge in [-0.3, -0.25) is 4.79 Å². The largest absolute Gasteiger partial charge is 0.465 e. The molecule has 21 heavy (non-hydrogen) atoms. The molecule has 1 aromatic rings. The maximum absolute atomic E-state index is 12.1. The number of piperidine rings is 1. The second-order valence-corrected chi connectivity index (χ2v) is 5.74. The number of carboxylic acid groups (broad SMARTS) is 1. The molecule has 1 saturated heterocycles. The second-order valence-electron chi connectivity index (χ2n) is 4.82. The lowest BCUT2D eigenvalue weighted by molar-refractivity contribution is 0.0900. The molecular weight excluding hydrogens is 319 g/mol. The van der Waals surface area contributed by atoms with Crippen LogP contribution in [0.15, 0.2) is 0 Å². The van der Waals surface area contributed by atoms with E-state index >= 15 is 0 Å². The molecule has 1 fully saturated rings. The van der Waals surface area contributed by atoms with Crippen LogP contribution in [-0.2, 0) is 6.42 Å². The molecule has 0 bridgehead atoms. The number of aromatic amines is 1. The number of amides is 2. The van der Waals surface area contributed by atoms with Crippen LogP contribution in [0.4, 0.5) is 4.79 Å². The fourth-order valence-corrected chi connectivity index (χ4v) is 2.83. The third-order valence-electron chi connectivity index (χ3n) is 3.43. The van der Waals surface area contributed by atoms with Crippen molar-refractivity contribution in [2.45, 2.75) is 31.2 Å². The Balaban J connectivity index is 1.98. The smallest absolute Gasteiger partial charge is 0.407 e. The summed E-state index contributed by atoms with van der Waals surface area (Å²) in [5.74, 6) is -0.252. The van der Waals surface area contributed by atoms with Gasteiger partial charge in [-0.1, -0.05) is 18.5 Å². The van der Waals surface area contributed by atoms with E-state index < -0.39 is 17.4 Å². The molecule has 2 heterocycles. The van der Waals surface area contributed by atoms with Gasteiger partial charge in [-0.2, -0.15) is 0 Å². The minimum Gasteiger partial charge on any atom is -0.465 e. The van der Waals surface area contributed by atoms with Crippen LogP contribution in [0.3, 0.4) is 0 Å². The van der Waals surface area contributed by atoms with Crippen LogP contribution in [-0.4, -0.2) is 56.5 Å². The van der Waals surface area contributed by atoms with E-state index in [4.69, 9.17) is 28.3 Å². The van der Waals surface area contributed by atoms with Crippen LogP contribution >= 0.6 is 23.2 Å². The van der Waals surface area contributed by atoms with E-state index in [0.717, 1.165) is 0 Å². The molecule has 9 heteroatoms. The quantitative estimate of drug-likeness (QED) is 0.733. The summed E-state index contributed by atoms with van der Waals surface area (Å²) in [5, 5.41) is 11.5. The van der Waals surface area contributed by atoms with E-state index in [2.05, 4.69) is 15.3 Å². The molecule has 2 rings (SSSR count). The summed E-state index contributed by atoms with van der Waals surface area (Å²) < 4.78 is 0. The molecule has 0 aliphatic carbocycles. The van der Waals surface area contributed by atoms with Crippen LogP contribution in [0, 0.1) is 0 Å². The monoisotopic (exact) mass is 334 g/mol. The van der Waals surface area contributed by atoms with Crippen molar-refractivity contribution in [3.05, 3.63) is 16.7 Å². The first-order valence-corrected chi connectivity index (χ1v) is 7.41. The highest BCUT2D eigenvalue weighted by molar-refractivity contribution is 6.30. The van der Waals surface area contributed by atoms with Crippen molar-refractivity contribution in [1.29, 1.82) is 0 Å². The summed E-state index contributed by atoms with van der Waals surface area (Å²) in [4.78, 5) is 31.0. The average Bonchev–Trinajstić information content (AvgIpc) is 2.82. The van der Waals surface area contributed by atoms with Crippen molar-refractivity contribution < 1.29 is 14.7 Å². The van der Waals surface area contributed by atoms with Gasteiger partial charge < -0.3 is 20.3 Å². The van der Waals surface area contributed by atoms with Gasteiger partial charge in [-0.05, 0) is 12.8 Å². The average molecular weight is 335 g/mol. The highest BCUT2D eigenvalue weighted by atomic mass is 35.5. The molecule has 1 aliphatic heterocycles. The normalized spacial score (nSPS) is 22.1. The number of H-pyrrole nitrogens is 1. The molecule has 116 valence electrons. The van der Waals surface area contributed by atoms with Crippen molar-refractivity contribution in [3.8, 4) is 0 Å². The van der Waals surface area contributed by atoms with Crippen molar-refractivity contribution in [2.24, 2.45) is 0 Å². The molecule has 2 atom stereocenters. The van der Waals surface area contributed by atoms with Gasteiger partial charge in [0.2, 0.25) is 0 Å². The molecule has 0 saturated carbocycles. The van der Waals surface area contributed by atoms with Crippen molar-refractivity contribution in [1.82, 2.24) is 20.2 Å². The number of hydrogen-bond acceptors (Lipinski definition) is 3. The van der Waals surface area contributed by atoms with Gasteiger partial charge in [0.15, 0.2) is 11.0 Å². The highest BCUT2D eigenvalue weighted by Gasteiger charge is 2.31. The third-order valence-corrected chi connectivity index (χ3v) is 4.18. The summed E-state index contributed by atoms with van der Waals surface area (Å²) in [6, 6.07) is -0.302. The maximum atomic E-state index is 12.1. The van der Waals surface area contributed by atoms with Crippen LogP contribution in [0.1, 0.15) is 29.7 Å². The van der Waals surface area contributed by atoms with E-state index in [0.29, 0.717) is 25.1 Å². The first-order valence-electron chi connectivity index (χ1n) is 6.59. The number of aromatic nitrogens is 2. The van der Waals surface area contributed by atoms with Gasteiger partial charge in [-0.15, -0.1) is 11.6 Å². The Labute approximate surface area is 131 Å². The lowest BCUT2D eigenvalue weighted by Gasteiger charge is -2.34. The number of rotatable bonds is 3. The lowest BCUT2D eigenvalue weighted by Crippen LogP contribution is -2.53. The molecule has 0 spiro atoms. The summed E-state index contributed by atoms with van der Waals surface area (Å²) in [6.07, 6.45) is 0.103. The molecule has 2 amide bonds. The van der Waals surface area contributed by atoms with E-state index in [9.17, 15) is 9.59 Å². The first kappa shape index (κ1) is 15.9. The van der Waals surface area contributed by atoms with E-state index in [1.807, 2.05) is 6.92 Å². The number of halogens is 2. The SMILES string of the molecule is CCc1[nH]c(C(=O)N[C@H]2CCN(C(=O)O)C[C@H]2Cl)nc1Cl. The molecule has 7 nitrogen and oxygen atoms in total. The summed E-state index contributed by atoms with van der Waals surface area (Å²) in [6.45, 7) is 2.42. The van der Waals surface area contributed by atoms with E-state index in [1.54, 1.807) is 0 Å². The predicted molar refractivity (Wildman–Crippen MR) is 78.1 cm³/mol. The van der Waals surface area contributed by atoms with Gasteiger partial charge in [-0.25, -0.2) is 9.78 Å². The first-order chi connectivity index (χ1) is 9.92. The zero-order valence-electron chi connectivity index (χ0n) is 11.4. The van der Waals surface area contributed by atoms with Gasteiger partial charge in [0, 0.05) is 19.1 Å². The Hall–Kier alpha value is -1.47. The Morgan fingerprint density at radius 2 is 2.29 bits per heavy atom. The molecule has 0 aromatic carbocycles. The van der Waals surface area contributed by atoms with Crippen molar-refractivity contribution in [2.75, 3.05) is 13.1 Å². The zero-order valence-corrected chi connectivity index (χ0v) is 12.9. The Morgan fingerprint density at radius 1 is 1.57 bits per heavy atom. The molecular formula is C12H16Cl2N4O3. The number of nitrogens with zero attached hydrogens (tertiary/aromatic N) is 2. The van der Waals surface area contributed by atoms with E-state index in [1.165, 1.54) is 4.90 Å². The van der Waals surface area contributed by atoms with Crippen molar-refractivity contribution >= 4 is 35.2 Å². The number of imidazole rings is 1. The summed E-state index contributed by atoms with van der Waals surface area (Å²) in [7, 11) is 0. The summed E-state index contributed by atoms with van der Waals surface area (Å²) >= 11 is 12.0. The molecule has 0 unspecified atom stereocenters. The van der Waals surface area contributed by atoms with Crippen LogP contribution in [0.2, 0.25) is 5.15 Å². The number of likely N-dealkylation sites (tertiary alicyclic amines) is 1. The number of nitrogens with one attached hydrogen (secondary N) is 2. The van der Waals surface area contributed by atoms with Gasteiger partial charge in [0.25, 0.3) is 5.91 Å². The zero-order chi connectivity index (χ0) is 15.6. The number of aryl methyl sites for hydroxylation is 1. The molecule has 0 radical (unpaired) electrons. The maximum Gasteiger partial charge on any atom is 0.407 e. The Kier molecular flexibility index (Phi) is 4.95. The third kappa shape index (κ3) is 3.59. The minimum atomic E-state index is -1.00. The fourth-order valence-electron chi connectivity index (χ4n) is 2.21. The highest BCUT2D eigenvalue weighted by Crippen LogP contribution is 2.18. The Bertz CT molecular complexity index is 549. The van der Waals surface area contributed by atoms with E-state index in [-0.39, 0.29) is 23.6 Å². The van der Waals surface area contributed by atoms with Crippen LogP contribution < -0.4 is 5.32 Å². The van der Waals surface area contributed by atoms with Gasteiger partial charge in [0.05, 0.1) is 11.1 Å². The summed E-state index contributed by atoms with van der Waals surface area (Å²) in [5.41, 5.74) is 0.699. The minimum absolute atomic E-state index is 0.140. The second kappa shape index (κ2) is 6.53. The predicted octanol–water partition coefficient (Wildman–Crippen LogP) is 1.72. The van der Waals surface area contributed by atoms with Crippen LogP contribution in [0.25, 0.3) is 0 Å². The van der Waals surface area contributed by atoms with Gasteiger partial charge >= 0.3 is 6.09 Å². The number of carbonyl (C=O) groups is 2. The molecule has 1 aliphatic rings. The molecule has 3 N–H and O–H groups in total. The Morgan fingerprint density at radius 3 is 2.81 bits per heavy atom. The fraction of sp³-hybridized carbons (Fsp3) is 0.583. The van der Waals surface area contributed by atoms with Crippen LogP contribution in [0.5, 0.6) is 0 Å². The van der Waals surface area contributed by atoms with Gasteiger partial charge in [0.1, 0.15) is 0 Å². The standard InChI is InChI=1S/C12H16Cl2N4O3/c1-2-7-9(14)17-10(15-7)11(19)16-8-3-4-18(12(20)21)5-6(8)13/h6,8H,2-5H2,1H3,(H,15,17)(H,16,19)(H,20,21)/t6-,8+/m1/s1. The number of carbonyl (C=O) groups excluding carboxylic acids is 1. The molecule has 1 aromatic heterocycles. The topological polar surface area (TPSA) is 98.3 Å². The van der Waals surface area contributed by atoms with Crippen molar-refractivity contribution in [3.63, 3.8) is 0 Å². The number of alkyl halides is 1.